The molecular formula is C21H25ClN4O3S. The topological polar surface area (TPSA) is 67.2 Å². The molecular weight excluding hydrogens is 424 g/mol. The number of thiazole rings is 1. The zero-order valence-corrected chi connectivity index (χ0v) is 18.9. The summed E-state index contributed by atoms with van der Waals surface area (Å²) in [6.07, 6.45) is 0. The van der Waals surface area contributed by atoms with Gasteiger partial charge in [0.25, 0.3) is 11.5 Å². The summed E-state index contributed by atoms with van der Waals surface area (Å²) in [4.78, 5) is 34.4. The smallest absolute Gasteiger partial charge is 0.265 e. The van der Waals surface area contributed by atoms with Gasteiger partial charge in [-0.2, -0.15) is 4.98 Å². The lowest BCUT2D eigenvalue weighted by Crippen LogP contribution is -2.47. The third kappa shape index (κ3) is 4.35. The van der Waals surface area contributed by atoms with Crippen molar-refractivity contribution < 1.29 is 9.53 Å². The van der Waals surface area contributed by atoms with E-state index in [1.165, 1.54) is 11.3 Å². The van der Waals surface area contributed by atoms with Gasteiger partial charge in [-0.3, -0.25) is 14.0 Å². The van der Waals surface area contributed by atoms with Gasteiger partial charge in [0.15, 0.2) is 4.96 Å². The molecule has 7 nitrogen and oxygen atoms in total. The molecule has 2 aromatic heterocycles. The first-order chi connectivity index (χ1) is 13.9. The molecule has 0 unspecified atom stereocenters. The highest BCUT2D eigenvalue weighted by Gasteiger charge is 2.20. The second kappa shape index (κ2) is 9.16. The lowest BCUT2D eigenvalue weighted by atomic mass is 10.1. The van der Waals surface area contributed by atoms with Gasteiger partial charge in [-0.1, -0.05) is 12.1 Å². The predicted molar refractivity (Wildman–Crippen MR) is 120 cm³/mol. The summed E-state index contributed by atoms with van der Waals surface area (Å²) in [6, 6.07) is 7.44. The maximum atomic E-state index is 12.6. The van der Waals surface area contributed by atoms with Gasteiger partial charge in [0.05, 0.1) is 5.56 Å². The molecule has 0 radical (unpaired) electrons. The number of benzene rings is 1. The van der Waals surface area contributed by atoms with Crippen LogP contribution >= 0.6 is 23.7 Å². The molecule has 160 valence electrons. The molecule has 0 bridgehead atoms. The van der Waals surface area contributed by atoms with Gasteiger partial charge in [0.1, 0.15) is 6.61 Å². The molecule has 0 aliphatic carbocycles. The van der Waals surface area contributed by atoms with Crippen LogP contribution in [0.1, 0.15) is 27.2 Å². The van der Waals surface area contributed by atoms with E-state index in [2.05, 4.69) is 16.9 Å². The van der Waals surface area contributed by atoms with Crippen molar-refractivity contribution in [3.63, 3.8) is 0 Å². The number of amides is 1. The molecule has 3 aromatic rings. The van der Waals surface area contributed by atoms with Crippen LogP contribution in [-0.2, 0) is 6.61 Å². The maximum absolute atomic E-state index is 12.6. The Morgan fingerprint density at radius 1 is 1.13 bits per heavy atom. The monoisotopic (exact) mass is 448 g/mol. The summed E-state index contributed by atoms with van der Waals surface area (Å²) in [5.41, 5.74) is 2.87. The number of likely N-dealkylation sites (N-methyl/N-ethyl adjacent to an activating group) is 1. The van der Waals surface area contributed by atoms with E-state index in [9.17, 15) is 9.59 Å². The van der Waals surface area contributed by atoms with Crippen LogP contribution in [0.3, 0.4) is 0 Å². The van der Waals surface area contributed by atoms with Crippen molar-refractivity contribution in [3.05, 3.63) is 62.4 Å². The molecule has 1 aromatic carbocycles. The van der Waals surface area contributed by atoms with Gasteiger partial charge < -0.3 is 14.5 Å². The number of aryl methyl sites for hydroxylation is 1. The summed E-state index contributed by atoms with van der Waals surface area (Å²) in [7, 11) is 2.07. The van der Waals surface area contributed by atoms with Crippen molar-refractivity contribution in [1.29, 1.82) is 0 Å². The Morgan fingerprint density at radius 2 is 1.80 bits per heavy atom. The highest BCUT2D eigenvalue weighted by Crippen LogP contribution is 2.19. The molecule has 1 saturated heterocycles. The molecule has 4 rings (SSSR count). The predicted octanol–water partition coefficient (Wildman–Crippen LogP) is 2.76. The van der Waals surface area contributed by atoms with E-state index in [4.69, 9.17) is 4.74 Å². The van der Waals surface area contributed by atoms with Gasteiger partial charge in [-0.15, -0.1) is 23.7 Å². The summed E-state index contributed by atoms with van der Waals surface area (Å²) >= 11 is 1.42. The van der Waals surface area contributed by atoms with E-state index in [0.717, 1.165) is 37.4 Å². The number of halogens is 1. The Bertz CT molecular complexity index is 1100. The minimum atomic E-state index is -0.100. The number of hydrogen-bond acceptors (Lipinski definition) is 6. The molecule has 0 atom stereocenters. The number of ether oxygens (including phenoxy) is 1. The van der Waals surface area contributed by atoms with Crippen molar-refractivity contribution in [2.45, 2.75) is 20.5 Å². The number of rotatable bonds is 4. The SMILES string of the molecule is Cc1c(OCc2ccc(C(=O)N3CCN(C)CC3)cc2)nc2scc(C)n2c1=O.Cl. The third-order valence-electron chi connectivity index (χ3n) is 5.29. The minimum absolute atomic E-state index is 0. The summed E-state index contributed by atoms with van der Waals surface area (Å²) in [5.74, 6) is 0.420. The largest absolute Gasteiger partial charge is 0.472 e. The van der Waals surface area contributed by atoms with Crippen LogP contribution in [0.4, 0.5) is 0 Å². The summed E-state index contributed by atoms with van der Waals surface area (Å²) < 4.78 is 7.43. The van der Waals surface area contributed by atoms with Gasteiger partial charge in [0.2, 0.25) is 5.88 Å². The van der Waals surface area contributed by atoms with E-state index in [1.807, 2.05) is 41.5 Å². The van der Waals surface area contributed by atoms with Crippen LogP contribution in [0.15, 0.2) is 34.4 Å². The molecule has 0 spiro atoms. The number of piperazine rings is 1. The van der Waals surface area contributed by atoms with Crippen molar-refractivity contribution in [2.75, 3.05) is 33.2 Å². The van der Waals surface area contributed by atoms with Crippen LogP contribution in [0.25, 0.3) is 4.96 Å². The van der Waals surface area contributed by atoms with Crippen molar-refractivity contribution in [2.24, 2.45) is 0 Å². The van der Waals surface area contributed by atoms with Crippen molar-refractivity contribution in [3.8, 4) is 5.88 Å². The molecule has 3 heterocycles. The first-order valence-corrected chi connectivity index (χ1v) is 10.5. The quantitative estimate of drug-likeness (QED) is 0.614. The normalized spacial score (nSPS) is 14.6. The Balaban J connectivity index is 0.00000256. The number of aromatic nitrogens is 2. The Kier molecular flexibility index (Phi) is 6.80. The van der Waals surface area contributed by atoms with Gasteiger partial charge in [0, 0.05) is 42.8 Å². The van der Waals surface area contributed by atoms with Crippen LogP contribution in [0.2, 0.25) is 0 Å². The first-order valence-electron chi connectivity index (χ1n) is 9.61. The highest BCUT2D eigenvalue weighted by molar-refractivity contribution is 7.15. The van der Waals surface area contributed by atoms with Crippen LogP contribution in [-0.4, -0.2) is 58.3 Å². The van der Waals surface area contributed by atoms with Crippen LogP contribution in [0.5, 0.6) is 5.88 Å². The van der Waals surface area contributed by atoms with E-state index in [-0.39, 0.29) is 30.5 Å². The maximum Gasteiger partial charge on any atom is 0.265 e. The zero-order chi connectivity index (χ0) is 20.5. The summed E-state index contributed by atoms with van der Waals surface area (Å²) in [5, 5.41) is 1.91. The number of carbonyl (C=O) groups excluding carboxylic acids is 1. The summed E-state index contributed by atoms with van der Waals surface area (Å²) in [6.45, 7) is 7.22. The molecule has 30 heavy (non-hydrogen) atoms. The number of nitrogens with zero attached hydrogens (tertiary/aromatic N) is 4. The molecule has 1 aliphatic heterocycles. The fraction of sp³-hybridized carbons (Fsp3) is 0.381. The Labute approximate surface area is 185 Å². The van der Waals surface area contributed by atoms with Gasteiger partial charge in [-0.25, -0.2) is 0 Å². The lowest BCUT2D eigenvalue weighted by molar-refractivity contribution is 0.0664. The fourth-order valence-corrected chi connectivity index (χ4v) is 4.22. The molecule has 0 N–H and O–H groups in total. The molecule has 1 fully saturated rings. The lowest BCUT2D eigenvalue weighted by Gasteiger charge is -2.32. The fourth-order valence-electron chi connectivity index (χ4n) is 3.38. The van der Waals surface area contributed by atoms with E-state index >= 15 is 0 Å². The molecule has 0 saturated carbocycles. The van der Waals surface area contributed by atoms with Crippen LogP contribution < -0.4 is 10.3 Å². The Hall–Kier alpha value is -2.42. The standard InChI is InChI=1S/C21H24N4O3S.ClH/c1-14-13-29-21-22-18(15(2)19(26)25(14)21)28-12-16-4-6-17(7-5-16)20(27)24-10-8-23(3)9-11-24;/h4-7,13H,8-12H2,1-3H3;1H. The second-order valence-electron chi connectivity index (χ2n) is 7.42. The van der Waals surface area contributed by atoms with E-state index in [0.29, 0.717) is 22.0 Å². The van der Waals surface area contributed by atoms with Crippen molar-refractivity contribution >= 4 is 34.6 Å². The van der Waals surface area contributed by atoms with Gasteiger partial charge in [-0.05, 0) is 38.6 Å². The second-order valence-corrected chi connectivity index (χ2v) is 8.26. The highest BCUT2D eigenvalue weighted by atomic mass is 35.5. The minimum Gasteiger partial charge on any atom is -0.472 e. The average Bonchev–Trinajstić information content (AvgIpc) is 3.10. The number of carbonyl (C=O) groups is 1. The zero-order valence-electron chi connectivity index (χ0n) is 17.3. The van der Waals surface area contributed by atoms with Crippen LogP contribution in [0, 0.1) is 13.8 Å². The third-order valence-corrected chi connectivity index (χ3v) is 6.23. The molecule has 9 heteroatoms. The van der Waals surface area contributed by atoms with E-state index in [1.54, 1.807) is 11.3 Å². The average molecular weight is 449 g/mol. The number of hydrogen-bond donors (Lipinski definition) is 0. The van der Waals surface area contributed by atoms with Crippen molar-refractivity contribution in [1.82, 2.24) is 19.2 Å². The molecule has 1 amide bonds. The Morgan fingerprint density at radius 3 is 2.47 bits per heavy atom. The van der Waals surface area contributed by atoms with Gasteiger partial charge >= 0.3 is 0 Å². The molecule has 1 aliphatic rings. The number of fused-ring (bicyclic) bond motifs is 1. The van der Waals surface area contributed by atoms with E-state index < -0.39 is 0 Å². The first kappa shape index (κ1) is 22.3.